The van der Waals surface area contributed by atoms with Crippen molar-refractivity contribution in [2.75, 3.05) is 26.2 Å². The lowest BCUT2D eigenvalue weighted by Crippen LogP contribution is -2.46. The maximum atomic E-state index is 12.1. The molecular weight excluding hydrogens is 351 g/mol. The molecule has 9 heteroatoms. The van der Waals surface area contributed by atoms with Crippen molar-refractivity contribution in [1.82, 2.24) is 15.5 Å². The first-order chi connectivity index (χ1) is 12.3. The first kappa shape index (κ1) is 19.7. The van der Waals surface area contributed by atoms with Crippen LogP contribution < -0.4 is 10.6 Å². The van der Waals surface area contributed by atoms with Crippen LogP contribution in [0.3, 0.4) is 0 Å². The number of carbonyl (C=O) groups is 3. The molecule has 2 rings (SSSR count). The third-order valence-electron chi connectivity index (χ3n) is 4.21. The predicted molar refractivity (Wildman–Crippen MR) is 87.1 cm³/mol. The van der Waals surface area contributed by atoms with Gasteiger partial charge in [-0.1, -0.05) is 18.2 Å². The molecule has 0 atom stereocenters. The minimum atomic E-state index is -4.88. The van der Waals surface area contributed by atoms with Crippen LogP contribution in [-0.4, -0.2) is 55.0 Å². The molecular formula is C17H20F3N3O3. The summed E-state index contributed by atoms with van der Waals surface area (Å²) in [5.41, 5.74) is 0.458. The maximum Gasteiger partial charge on any atom is 0.471 e. The Morgan fingerprint density at radius 1 is 1.04 bits per heavy atom. The highest BCUT2D eigenvalue weighted by molar-refractivity contribution is 5.96. The first-order valence-corrected chi connectivity index (χ1v) is 8.23. The van der Waals surface area contributed by atoms with E-state index < -0.39 is 12.1 Å². The lowest BCUT2D eigenvalue weighted by molar-refractivity contribution is -0.173. The third-order valence-corrected chi connectivity index (χ3v) is 4.21. The highest BCUT2D eigenvalue weighted by atomic mass is 19.4. The van der Waals surface area contributed by atoms with Crippen molar-refractivity contribution in [1.29, 1.82) is 0 Å². The number of likely N-dealkylation sites (tertiary alicyclic amines) is 1. The van der Waals surface area contributed by atoms with E-state index in [-0.39, 0.29) is 30.8 Å². The minimum Gasteiger partial charge on any atom is -0.348 e. The number of nitrogens with one attached hydrogen (secondary N) is 2. The van der Waals surface area contributed by atoms with E-state index in [0.717, 1.165) is 0 Å². The summed E-state index contributed by atoms with van der Waals surface area (Å²) in [6.07, 6.45) is -3.89. The lowest BCUT2D eigenvalue weighted by Gasteiger charge is -2.32. The van der Waals surface area contributed by atoms with Crippen molar-refractivity contribution in [3.8, 4) is 0 Å². The number of hydrogen-bond acceptors (Lipinski definition) is 3. The van der Waals surface area contributed by atoms with Crippen LogP contribution in [-0.2, 0) is 9.59 Å². The van der Waals surface area contributed by atoms with Crippen LogP contribution in [0.4, 0.5) is 13.2 Å². The zero-order valence-corrected chi connectivity index (χ0v) is 14.0. The van der Waals surface area contributed by atoms with E-state index in [1.807, 2.05) is 5.32 Å². The van der Waals surface area contributed by atoms with Gasteiger partial charge in [-0.25, -0.2) is 0 Å². The van der Waals surface area contributed by atoms with E-state index in [4.69, 9.17) is 0 Å². The van der Waals surface area contributed by atoms with Gasteiger partial charge in [0.1, 0.15) is 0 Å². The van der Waals surface area contributed by atoms with Gasteiger partial charge in [-0.2, -0.15) is 13.2 Å². The number of amides is 3. The Balaban J connectivity index is 1.69. The molecule has 142 valence electrons. The van der Waals surface area contributed by atoms with Gasteiger partial charge in [0.05, 0.1) is 6.54 Å². The second-order valence-electron chi connectivity index (χ2n) is 6.08. The number of rotatable bonds is 5. The third kappa shape index (κ3) is 5.75. The van der Waals surface area contributed by atoms with E-state index in [1.54, 1.807) is 35.2 Å². The molecule has 0 saturated carbocycles. The molecule has 26 heavy (non-hydrogen) atoms. The summed E-state index contributed by atoms with van der Waals surface area (Å²) in [6, 6.07) is 8.50. The molecule has 0 unspecified atom stereocenters. The number of benzene rings is 1. The van der Waals surface area contributed by atoms with E-state index >= 15 is 0 Å². The van der Waals surface area contributed by atoms with Crippen LogP contribution in [0.2, 0.25) is 0 Å². The van der Waals surface area contributed by atoms with Gasteiger partial charge in [-0.05, 0) is 30.9 Å². The van der Waals surface area contributed by atoms with Crippen LogP contribution >= 0.6 is 0 Å². The lowest BCUT2D eigenvalue weighted by atomic mass is 9.96. The van der Waals surface area contributed by atoms with Gasteiger partial charge in [-0.15, -0.1) is 0 Å². The number of carbonyl (C=O) groups excluding carboxylic acids is 3. The molecule has 0 radical (unpaired) electrons. The quantitative estimate of drug-likeness (QED) is 0.820. The van der Waals surface area contributed by atoms with Crippen LogP contribution in [0.15, 0.2) is 30.3 Å². The average molecular weight is 371 g/mol. The predicted octanol–water partition coefficient (Wildman–Crippen LogP) is 1.33. The largest absolute Gasteiger partial charge is 0.471 e. The Bertz CT molecular complexity index is 642. The molecule has 3 amide bonds. The fourth-order valence-corrected chi connectivity index (χ4v) is 2.68. The Morgan fingerprint density at radius 3 is 2.23 bits per heavy atom. The van der Waals surface area contributed by atoms with Crippen molar-refractivity contribution >= 4 is 17.7 Å². The van der Waals surface area contributed by atoms with Crippen LogP contribution in [0.1, 0.15) is 23.2 Å². The molecule has 0 spiro atoms. The summed E-state index contributed by atoms with van der Waals surface area (Å²) < 4.78 is 36.4. The topological polar surface area (TPSA) is 78.5 Å². The number of nitrogens with zero attached hydrogens (tertiary/aromatic N) is 1. The van der Waals surface area contributed by atoms with E-state index in [9.17, 15) is 27.6 Å². The molecule has 2 N–H and O–H groups in total. The Hall–Kier alpha value is -2.58. The highest BCUT2D eigenvalue weighted by Crippen LogP contribution is 2.18. The van der Waals surface area contributed by atoms with Gasteiger partial charge < -0.3 is 15.5 Å². The zero-order chi connectivity index (χ0) is 19.2. The highest BCUT2D eigenvalue weighted by Gasteiger charge is 2.38. The molecule has 0 aliphatic carbocycles. The first-order valence-electron chi connectivity index (χ1n) is 8.23. The summed E-state index contributed by atoms with van der Waals surface area (Å²) in [5, 5.41) is 4.42. The minimum absolute atomic E-state index is 0.0644. The summed E-state index contributed by atoms with van der Waals surface area (Å²) in [4.78, 5) is 36.4. The van der Waals surface area contributed by atoms with Crippen LogP contribution in [0, 0.1) is 5.92 Å². The van der Waals surface area contributed by atoms with Gasteiger partial charge >= 0.3 is 12.1 Å². The Labute approximate surface area is 148 Å². The summed E-state index contributed by atoms with van der Waals surface area (Å²) >= 11 is 0. The molecule has 6 nitrogen and oxygen atoms in total. The van der Waals surface area contributed by atoms with Crippen LogP contribution in [0.5, 0.6) is 0 Å². The zero-order valence-electron chi connectivity index (χ0n) is 14.0. The number of halogens is 3. The molecule has 1 aliphatic rings. The smallest absolute Gasteiger partial charge is 0.348 e. The van der Waals surface area contributed by atoms with E-state index in [2.05, 4.69) is 5.32 Å². The maximum absolute atomic E-state index is 12.1. The SMILES string of the molecule is O=C(NCC(=O)N1CCC(CNC(=O)C(F)(F)F)CC1)c1ccccc1. The van der Waals surface area contributed by atoms with Gasteiger partial charge in [0.25, 0.3) is 5.91 Å². The molecule has 1 saturated heterocycles. The van der Waals surface area contributed by atoms with Crippen molar-refractivity contribution in [3.63, 3.8) is 0 Å². The number of hydrogen-bond donors (Lipinski definition) is 2. The van der Waals surface area contributed by atoms with Crippen molar-refractivity contribution < 1.29 is 27.6 Å². The molecule has 1 aromatic carbocycles. The van der Waals surface area contributed by atoms with Gasteiger partial charge in [0.2, 0.25) is 5.91 Å². The van der Waals surface area contributed by atoms with Crippen LogP contribution in [0.25, 0.3) is 0 Å². The normalized spacial score (nSPS) is 15.4. The molecule has 1 aliphatic heterocycles. The molecule has 1 aromatic rings. The van der Waals surface area contributed by atoms with Crippen molar-refractivity contribution in [3.05, 3.63) is 35.9 Å². The monoisotopic (exact) mass is 371 g/mol. The summed E-state index contributed by atoms with van der Waals surface area (Å²) in [5.74, 6) is -2.64. The van der Waals surface area contributed by atoms with Gasteiger partial charge in [0, 0.05) is 25.2 Å². The Morgan fingerprint density at radius 2 is 1.65 bits per heavy atom. The fraction of sp³-hybridized carbons (Fsp3) is 0.471. The molecule has 1 heterocycles. The summed E-state index contributed by atoms with van der Waals surface area (Å²) in [6.45, 7) is 0.563. The number of piperidine rings is 1. The average Bonchev–Trinajstić information content (AvgIpc) is 2.64. The summed E-state index contributed by atoms with van der Waals surface area (Å²) in [7, 11) is 0. The van der Waals surface area contributed by atoms with Gasteiger partial charge in [0.15, 0.2) is 0 Å². The number of alkyl halides is 3. The molecule has 1 fully saturated rings. The second-order valence-corrected chi connectivity index (χ2v) is 6.08. The van der Waals surface area contributed by atoms with Crippen molar-refractivity contribution in [2.45, 2.75) is 19.0 Å². The van der Waals surface area contributed by atoms with E-state index in [1.165, 1.54) is 0 Å². The van der Waals surface area contributed by atoms with Crippen molar-refractivity contribution in [2.24, 2.45) is 5.92 Å². The molecule has 0 bridgehead atoms. The Kier molecular flexibility index (Phi) is 6.59. The van der Waals surface area contributed by atoms with Gasteiger partial charge in [-0.3, -0.25) is 14.4 Å². The second kappa shape index (κ2) is 8.68. The standard InChI is InChI=1S/C17H20F3N3O3/c18-17(19,20)16(26)22-10-12-6-8-23(9-7-12)14(24)11-21-15(25)13-4-2-1-3-5-13/h1-5,12H,6-11H2,(H,21,25)(H,22,26). The van der Waals surface area contributed by atoms with E-state index in [0.29, 0.717) is 31.5 Å². The molecule has 0 aromatic heterocycles. The fourth-order valence-electron chi connectivity index (χ4n) is 2.68.